The first kappa shape index (κ1) is 13.2. The minimum absolute atomic E-state index is 0.0480. The number of hydrogen-bond donors (Lipinski definition) is 0. The average molecular weight is 378 g/mol. The van der Waals surface area contributed by atoms with E-state index in [1.54, 1.807) is 12.1 Å². The Morgan fingerprint density at radius 2 is 1.80 bits per heavy atom. The zero-order chi connectivity index (χ0) is 13.9. The van der Waals surface area contributed by atoms with E-state index in [-0.39, 0.29) is 12.0 Å². The van der Waals surface area contributed by atoms with Crippen LogP contribution >= 0.6 is 22.6 Å². The van der Waals surface area contributed by atoms with Crippen molar-refractivity contribution >= 4 is 33.6 Å². The first-order valence-electron chi connectivity index (χ1n) is 6.13. The van der Waals surface area contributed by atoms with Gasteiger partial charge in [0.2, 0.25) is 0 Å². The van der Waals surface area contributed by atoms with E-state index in [9.17, 15) is 4.79 Å². The van der Waals surface area contributed by atoms with Crippen LogP contribution in [0.1, 0.15) is 5.76 Å². The Hall–Kier alpha value is -1.82. The van der Waals surface area contributed by atoms with Gasteiger partial charge in [0.1, 0.15) is 23.7 Å². The van der Waals surface area contributed by atoms with Gasteiger partial charge in [-0.05, 0) is 46.9 Å². The molecule has 20 heavy (non-hydrogen) atoms. The van der Waals surface area contributed by atoms with Crippen molar-refractivity contribution in [2.24, 2.45) is 0 Å². The summed E-state index contributed by atoms with van der Waals surface area (Å²) < 4.78 is 12.4. The summed E-state index contributed by atoms with van der Waals surface area (Å²) in [6, 6.07) is 16.4. The first-order chi connectivity index (χ1) is 9.74. The molecule has 3 aromatic rings. The van der Waals surface area contributed by atoms with Gasteiger partial charge < -0.3 is 9.15 Å². The van der Waals surface area contributed by atoms with Gasteiger partial charge in [0.25, 0.3) is 0 Å². The van der Waals surface area contributed by atoms with Crippen LogP contribution in [-0.4, -0.2) is 0 Å². The third kappa shape index (κ3) is 2.70. The van der Waals surface area contributed by atoms with Crippen molar-refractivity contribution in [3.05, 3.63) is 74.2 Å². The molecule has 0 aliphatic rings. The highest BCUT2D eigenvalue weighted by atomic mass is 127. The van der Waals surface area contributed by atoms with Crippen molar-refractivity contribution in [3.63, 3.8) is 0 Å². The summed E-state index contributed by atoms with van der Waals surface area (Å²) in [6.45, 7) is 0.236. The molecule has 0 radical (unpaired) electrons. The molecule has 3 rings (SSSR count). The maximum atomic E-state index is 12.0. The van der Waals surface area contributed by atoms with Crippen molar-refractivity contribution in [1.82, 2.24) is 0 Å². The van der Waals surface area contributed by atoms with Crippen LogP contribution in [0.4, 0.5) is 0 Å². The standard InChI is InChI=1S/C16H11IO3/c17-13-6-2-4-8-16(13)19-10-11-9-14(18)12-5-1-3-7-15(12)20-11/h1-9H,10H2. The number of rotatable bonds is 3. The summed E-state index contributed by atoms with van der Waals surface area (Å²) in [5.41, 5.74) is 0.537. The summed E-state index contributed by atoms with van der Waals surface area (Å²) in [5, 5.41) is 0.588. The molecule has 0 aliphatic heterocycles. The number of ether oxygens (including phenoxy) is 1. The van der Waals surface area contributed by atoms with Crippen LogP contribution in [0.3, 0.4) is 0 Å². The van der Waals surface area contributed by atoms with Crippen molar-refractivity contribution in [2.75, 3.05) is 0 Å². The molecule has 0 atom stereocenters. The first-order valence-corrected chi connectivity index (χ1v) is 7.21. The fraction of sp³-hybridized carbons (Fsp3) is 0.0625. The van der Waals surface area contributed by atoms with Crippen molar-refractivity contribution in [3.8, 4) is 5.75 Å². The zero-order valence-electron chi connectivity index (χ0n) is 10.5. The van der Waals surface area contributed by atoms with Crippen LogP contribution in [0.25, 0.3) is 11.0 Å². The van der Waals surface area contributed by atoms with E-state index in [4.69, 9.17) is 9.15 Å². The highest BCUT2D eigenvalue weighted by molar-refractivity contribution is 14.1. The number of halogens is 1. The maximum absolute atomic E-state index is 12.0. The quantitative estimate of drug-likeness (QED) is 0.648. The fourth-order valence-electron chi connectivity index (χ4n) is 1.94. The molecule has 1 aromatic heterocycles. The molecule has 0 aliphatic carbocycles. The van der Waals surface area contributed by atoms with Gasteiger partial charge in [-0.2, -0.15) is 0 Å². The lowest BCUT2D eigenvalue weighted by Gasteiger charge is -2.07. The SMILES string of the molecule is O=c1cc(COc2ccccc2I)oc2ccccc12. The van der Waals surface area contributed by atoms with E-state index in [2.05, 4.69) is 22.6 Å². The smallest absolute Gasteiger partial charge is 0.193 e. The molecule has 0 saturated carbocycles. The van der Waals surface area contributed by atoms with Crippen LogP contribution in [0.15, 0.2) is 63.8 Å². The van der Waals surface area contributed by atoms with Crippen LogP contribution in [0, 0.1) is 3.57 Å². The summed E-state index contributed by atoms with van der Waals surface area (Å²) in [5.74, 6) is 1.30. The fourth-order valence-corrected chi connectivity index (χ4v) is 2.48. The predicted molar refractivity (Wildman–Crippen MR) is 86.0 cm³/mol. The van der Waals surface area contributed by atoms with Crippen molar-refractivity contribution < 1.29 is 9.15 Å². The van der Waals surface area contributed by atoms with Crippen LogP contribution < -0.4 is 10.2 Å². The lowest BCUT2D eigenvalue weighted by Crippen LogP contribution is -2.04. The molecule has 100 valence electrons. The minimum Gasteiger partial charge on any atom is -0.485 e. The minimum atomic E-state index is -0.0480. The topological polar surface area (TPSA) is 39.4 Å². The second kappa shape index (κ2) is 5.66. The van der Waals surface area contributed by atoms with Gasteiger partial charge in [-0.1, -0.05) is 24.3 Å². The van der Waals surface area contributed by atoms with Crippen LogP contribution in [0.2, 0.25) is 0 Å². The molecule has 0 unspecified atom stereocenters. The Bertz CT molecular complexity index is 808. The van der Waals surface area contributed by atoms with Crippen molar-refractivity contribution in [2.45, 2.75) is 6.61 Å². The molecule has 1 heterocycles. The molecule has 0 N–H and O–H groups in total. The Labute approximate surface area is 129 Å². The number of benzene rings is 2. The van der Waals surface area contributed by atoms with E-state index in [0.717, 1.165) is 9.32 Å². The lowest BCUT2D eigenvalue weighted by molar-refractivity contribution is 0.270. The van der Waals surface area contributed by atoms with Gasteiger partial charge in [-0.15, -0.1) is 0 Å². The molecular weight excluding hydrogens is 367 g/mol. The van der Waals surface area contributed by atoms with Gasteiger partial charge in [-0.3, -0.25) is 4.79 Å². The molecule has 0 spiro atoms. The predicted octanol–water partition coefficient (Wildman–Crippen LogP) is 3.98. The Morgan fingerprint density at radius 1 is 1.05 bits per heavy atom. The Balaban J connectivity index is 1.88. The van der Waals surface area contributed by atoms with E-state index in [0.29, 0.717) is 16.7 Å². The van der Waals surface area contributed by atoms with Gasteiger partial charge >= 0.3 is 0 Å². The molecular formula is C16H11IO3. The van der Waals surface area contributed by atoms with Gasteiger partial charge in [0.05, 0.1) is 8.96 Å². The highest BCUT2D eigenvalue weighted by Crippen LogP contribution is 2.21. The van der Waals surface area contributed by atoms with E-state index in [1.165, 1.54) is 6.07 Å². The van der Waals surface area contributed by atoms with Gasteiger partial charge in [0, 0.05) is 6.07 Å². The number of fused-ring (bicyclic) bond motifs is 1. The van der Waals surface area contributed by atoms with Crippen molar-refractivity contribution in [1.29, 1.82) is 0 Å². The molecule has 4 heteroatoms. The summed E-state index contributed by atoms with van der Waals surface area (Å²) in [4.78, 5) is 12.0. The largest absolute Gasteiger partial charge is 0.485 e. The molecule has 2 aromatic carbocycles. The summed E-state index contributed by atoms with van der Waals surface area (Å²) >= 11 is 2.21. The maximum Gasteiger partial charge on any atom is 0.193 e. The lowest BCUT2D eigenvalue weighted by atomic mass is 10.2. The van der Waals surface area contributed by atoms with E-state index in [1.807, 2.05) is 36.4 Å². The summed E-state index contributed by atoms with van der Waals surface area (Å²) in [6.07, 6.45) is 0. The zero-order valence-corrected chi connectivity index (χ0v) is 12.7. The third-order valence-corrected chi connectivity index (χ3v) is 3.78. The second-order valence-corrected chi connectivity index (χ2v) is 5.45. The van der Waals surface area contributed by atoms with Gasteiger partial charge in [-0.25, -0.2) is 0 Å². The highest BCUT2D eigenvalue weighted by Gasteiger charge is 2.06. The molecule has 0 fully saturated rings. The van der Waals surface area contributed by atoms with E-state index < -0.39 is 0 Å². The number of hydrogen-bond acceptors (Lipinski definition) is 3. The summed E-state index contributed by atoms with van der Waals surface area (Å²) in [7, 11) is 0. The second-order valence-electron chi connectivity index (χ2n) is 4.29. The third-order valence-electron chi connectivity index (χ3n) is 2.89. The molecule has 0 bridgehead atoms. The normalized spacial score (nSPS) is 10.7. The average Bonchev–Trinajstić information content (AvgIpc) is 2.46. The Morgan fingerprint density at radius 3 is 2.65 bits per heavy atom. The number of para-hydroxylation sites is 2. The van der Waals surface area contributed by atoms with Crippen LogP contribution in [0.5, 0.6) is 5.75 Å². The van der Waals surface area contributed by atoms with E-state index >= 15 is 0 Å². The molecule has 0 saturated heterocycles. The van der Waals surface area contributed by atoms with Gasteiger partial charge in [0.15, 0.2) is 5.43 Å². The molecule has 0 amide bonds. The van der Waals surface area contributed by atoms with Crippen LogP contribution in [-0.2, 0) is 6.61 Å². The Kier molecular flexibility index (Phi) is 3.73. The molecule has 3 nitrogen and oxygen atoms in total. The monoisotopic (exact) mass is 378 g/mol.